The van der Waals surface area contributed by atoms with Crippen LogP contribution in [0.3, 0.4) is 0 Å². The highest BCUT2D eigenvalue weighted by Gasteiger charge is 2.28. The van der Waals surface area contributed by atoms with Crippen molar-refractivity contribution in [3.63, 3.8) is 0 Å². The van der Waals surface area contributed by atoms with E-state index in [4.69, 9.17) is 20.1 Å². The lowest BCUT2D eigenvalue weighted by atomic mass is 10.1. The molecule has 0 aromatic rings. The number of ether oxygens (including phenoxy) is 1. The van der Waals surface area contributed by atoms with Gasteiger partial charge in [0.1, 0.15) is 11.6 Å². The largest absolute Gasteiger partial charge is 0.480 e. The van der Waals surface area contributed by atoms with Gasteiger partial charge < -0.3 is 25.4 Å². The number of carboxylic acids is 2. The fourth-order valence-corrected chi connectivity index (χ4v) is 0.995. The standard InChI is InChI=1S/C10H17NO7/c1-10(2,3)18-9(17)11-5(7(13)14)4-6(12)8(15)16/h5-6,12H,4H2,1-3H3,(H,11,17)(H,13,14)(H,15,16)/t5-,6?/m0/s1. The van der Waals surface area contributed by atoms with Gasteiger partial charge in [0.05, 0.1) is 0 Å². The molecule has 0 spiro atoms. The third-order valence-electron chi connectivity index (χ3n) is 1.73. The molecule has 0 aliphatic heterocycles. The van der Waals surface area contributed by atoms with Gasteiger partial charge in [-0.15, -0.1) is 0 Å². The van der Waals surface area contributed by atoms with E-state index in [1.165, 1.54) is 0 Å². The Morgan fingerprint density at radius 1 is 1.17 bits per heavy atom. The van der Waals surface area contributed by atoms with E-state index in [9.17, 15) is 14.4 Å². The first-order valence-electron chi connectivity index (χ1n) is 5.16. The maximum atomic E-state index is 11.3. The van der Waals surface area contributed by atoms with E-state index in [-0.39, 0.29) is 0 Å². The van der Waals surface area contributed by atoms with Gasteiger partial charge in [0.25, 0.3) is 0 Å². The molecule has 0 bridgehead atoms. The highest BCUT2D eigenvalue weighted by molar-refractivity contribution is 5.81. The molecule has 8 nitrogen and oxygen atoms in total. The first kappa shape index (κ1) is 16.2. The van der Waals surface area contributed by atoms with Gasteiger partial charge in [-0.1, -0.05) is 0 Å². The van der Waals surface area contributed by atoms with Crippen molar-refractivity contribution >= 4 is 18.0 Å². The molecule has 0 aromatic heterocycles. The number of carbonyl (C=O) groups is 3. The maximum absolute atomic E-state index is 11.3. The van der Waals surface area contributed by atoms with Gasteiger partial charge in [-0.25, -0.2) is 14.4 Å². The van der Waals surface area contributed by atoms with E-state index in [0.29, 0.717) is 0 Å². The number of carbonyl (C=O) groups excluding carboxylic acids is 1. The van der Waals surface area contributed by atoms with Gasteiger partial charge in [0.2, 0.25) is 0 Å². The first-order chi connectivity index (χ1) is 8.03. The highest BCUT2D eigenvalue weighted by atomic mass is 16.6. The molecule has 2 atom stereocenters. The van der Waals surface area contributed by atoms with E-state index >= 15 is 0 Å². The van der Waals surface area contributed by atoms with E-state index < -0.39 is 42.2 Å². The minimum absolute atomic E-state index is 0.649. The molecular weight excluding hydrogens is 246 g/mol. The molecule has 0 aliphatic rings. The molecule has 0 saturated heterocycles. The van der Waals surface area contributed by atoms with Crippen molar-refractivity contribution in [1.29, 1.82) is 0 Å². The van der Waals surface area contributed by atoms with Crippen LogP contribution in [0.15, 0.2) is 0 Å². The van der Waals surface area contributed by atoms with Crippen molar-refractivity contribution in [2.24, 2.45) is 0 Å². The van der Waals surface area contributed by atoms with Gasteiger partial charge >= 0.3 is 18.0 Å². The topological polar surface area (TPSA) is 133 Å². The Morgan fingerprint density at radius 2 is 1.67 bits per heavy atom. The molecule has 0 heterocycles. The average Bonchev–Trinajstić information content (AvgIpc) is 2.12. The third kappa shape index (κ3) is 6.69. The van der Waals surface area contributed by atoms with Crippen LogP contribution in [-0.4, -0.2) is 51.1 Å². The summed E-state index contributed by atoms with van der Waals surface area (Å²) >= 11 is 0. The van der Waals surface area contributed by atoms with Crippen LogP contribution in [0.5, 0.6) is 0 Å². The highest BCUT2D eigenvalue weighted by Crippen LogP contribution is 2.08. The second-order valence-corrected chi connectivity index (χ2v) is 4.63. The predicted molar refractivity (Wildman–Crippen MR) is 59.1 cm³/mol. The van der Waals surface area contributed by atoms with Gasteiger partial charge in [0, 0.05) is 6.42 Å². The minimum atomic E-state index is -1.87. The summed E-state index contributed by atoms with van der Waals surface area (Å²) in [6.07, 6.45) is -3.52. The second kappa shape index (κ2) is 6.20. The van der Waals surface area contributed by atoms with Crippen LogP contribution < -0.4 is 5.32 Å². The van der Waals surface area contributed by atoms with Crippen molar-refractivity contribution in [2.45, 2.75) is 44.9 Å². The summed E-state index contributed by atoms with van der Waals surface area (Å²) in [7, 11) is 0. The molecule has 0 aliphatic carbocycles. The summed E-state index contributed by atoms with van der Waals surface area (Å²) in [5.74, 6) is -3.02. The molecule has 0 radical (unpaired) electrons. The number of aliphatic hydroxyl groups is 1. The Morgan fingerprint density at radius 3 is 2.00 bits per heavy atom. The molecule has 104 valence electrons. The number of hydrogen-bond acceptors (Lipinski definition) is 5. The molecule has 1 amide bonds. The summed E-state index contributed by atoms with van der Waals surface area (Å²) < 4.78 is 4.82. The Labute approximate surface area is 104 Å². The number of alkyl carbamates (subject to hydrolysis) is 1. The van der Waals surface area contributed by atoms with Crippen molar-refractivity contribution in [2.75, 3.05) is 0 Å². The molecule has 0 saturated carbocycles. The summed E-state index contributed by atoms with van der Waals surface area (Å²) in [5, 5.41) is 28.2. The fourth-order valence-electron chi connectivity index (χ4n) is 0.995. The maximum Gasteiger partial charge on any atom is 0.408 e. The predicted octanol–water partition coefficient (Wildman–Crippen LogP) is -0.200. The van der Waals surface area contributed by atoms with E-state index in [1.807, 2.05) is 5.32 Å². The number of nitrogens with one attached hydrogen (secondary N) is 1. The minimum Gasteiger partial charge on any atom is -0.480 e. The normalized spacial score (nSPS) is 14.4. The summed E-state index contributed by atoms with van der Waals surface area (Å²) in [6.45, 7) is 4.78. The van der Waals surface area contributed by atoms with Gasteiger partial charge in [-0.2, -0.15) is 0 Å². The number of carboxylic acid groups (broad SMARTS) is 2. The van der Waals surface area contributed by atoms with Crippen LogP contribution in [0.25, 0.3) is 0 Å². The van der Waals surface area contributed by atoms with Crippen LogP contribution in [0.1, 0.15) is 27.2 Å². The molecule has 4 N–H and O–H groups in total. The summed E-state index contributed by atoms with van der Waals surface area (Å²) in [6, 6.07) is -1.54. The Balaban J connectivity index is 4.50. The molecular formula is C10H17NO7. The fraction of sp³-hybridized carbons (Fsp3) is 0.700. The molecule has 8 heteroatoms. The van der Waals surface area contributed by atoms with Gasteiger partial charge in [-0.3, -0.25) is 0 Å². The van der Waals surface area contributed by atoms with Crippen LogP contribution in [0, 0.1) is 0 Å². The number of hydrogen-bond donors (Lipinski definition) is 4. The van der Waals surface area contributed by atoms with Crippen molar-refractivity contribution in [1.82, 2.24) is 5.32 Å². The zero-order chi connectivity index (χ0) is 14.5. The van der Waals surface area contributed by atoms with E-state index in [0.717, 1.165) is 0 Å². The van der Waals surface area contributed by atoms with Crippen molar-refractivity contribution in [3.05, 3.63) is 0 Å². The lowest BCUT2D eigenvalue weighted by Crippen LogP contribution is -2.46. The molecule has 0 rings (SSSR count). The van der Waals surface area contributed by atoms with E-state index in [1.54, 1.807) is 20.8 Å². The monoisotopic (exact) mass is 263 g/mol. The molecule has 18 heavy (non-hydrogen) atoms. The number of aliphatic carboxylic acids is 2. The lowest BCUT2D eigenvalue weighted by molar-refractivity contribution is -0.148. The summed E-state index contributed by atoms with van der Waals surface area (Å²) in [5.41, 5.74) is -0.807. The van der Waals surface area contributed by atoms with Crippen molar-refractivity contribution in [3.8, 4) is 0 Å². The van der Waals surface area contributed by atoms with Crippen LogP contribution in [0.4, 0.5) is 4.79 Å². The summed E-state index contributed by atoms with van der Waals surface area (Å²) in [4.78, 5) is 32.5. The second-order valence-electron chi connectivity index (χ2n) is 4.63. The van der Waals surface area contributed by atoms with Crippen LogP contribution in [0.2, 0.25) is 0 Å². The number of amides is 1. The SMILES string of the molecule is CC(C)(C)OC(=O)N[C@@H](CC(O)C(=O)O)C(=O)O. The number of aliphatic hydroxyl groups excluding tert-OH is 1. The zero-order valence-corrected chi connectivity index (χ0v) is 10.3. The lowest BCUT2D eigenvalue weighted by Gasteiger charge is -2.22. The van der Waals surface area contributed by atoms with Crippen LogP contribution >= 0.6 is 0 Å². The molecule has 0 fully saturated rings. The van der Waals surface area contributed by atoms with Gasteiger partial charge in [0.15, 0.2) is 6.10 Å². The number of rotatable bonds is 5. The van der Waals surface area contributed by atoms with Gasteiger partial charge in [-0.05, 0) is 20.8 Å². The zero-order valence-electron chi connectivity index (χ0n) is 10.3. The Kier molecular flexibility index (Phi) is 5.57. The van der Waals surface area contributed by atoms with Crippen LogP contribution in [-0.2, 0) is 14.3 Å². The first-order valence-corrected chi connectivity index (χ1v) is 5.16. The molecule has 0 aromatic carbocycles. The Hall–Kier alpha value is -1.83. The van der Waals surface area contributed by atoms with E-state index in [2.05, 4.69) is 0 Å². The third-order valence-corrected chi connectivity index (χ3v) is 1.73. The smallest absolute Gasteiger partial charge is 0.408 e. The average molecular weight is 263 g/mol. The van der Waals surface area contributed by atoms with Crippen molar-refractivity contribution < 1.29 is 34.4 Å². The Bertz CT molecular complexity index is 334. The quantitative estimate of drug-likeness (QED) is 0.539. The molecule has 1 unspecified atom stereocenters.